The van der Waals surface area contributed by atoms with Gasteiger partial charge in [-0.1, -0.05) is 6.92 Å². The number of phenolic OH excluding ortho intramolecular Hbond substituents is 1. The average Bonchev–Trinajstić information content (AvgIpc) is 2.31. The Morgan fingerprint density at radius 3 is 2.88 bits per heavy atom. The first kappa shape index (κ1) is 12.0. The summed E-state index contributed by atoms with van der Waals surface area (Å²) in [7, 11) is 0. The maximum absolute atomic E-state index is 13.6. The minimum atomic E-state index is -0.687. The van der Waals surface area contributed by atoms with Gasteiger partial charge in [-0.05, 0) is 18.9 Å². The van der Waals surface area contributed by atoms with Crippen LogP contribution in [-0.2, 0) is 0 Å². The summed E-state index contributed by atoms with van der Waals surface area (Å²) in [6, 6.07) is 1.16. The lowest BCUT2D eigenvalue weighted by molar-refractivity contribution is 0.167. The molecule has 0 radical (unpaired) electrons. The van der Waals surface area contributed by atoms with Gasteiger partial charge in [-0.3, -0.25) is 0 Å². The summed E-state index contributed by atoms with van der Waals surface area (Å²) < 4.78 is 24.3. The molecule has 0 spiro atoms. The van der Waals surface area contributed by atoms with Gasteiger partial charge in [0.15, 0.2) is 23.1 Å². The van der Waals surface area contributed by atoms with Crippen molar-refractivity contribution in [3.8, 4) is 17.2 Å². The third-order valence-electron chi connectivity index (χ3n) is 2.89. The van der Waals surface area contributed by atoms with E-state index in [4.69, 9.17) is 15.2 Å². The molecule has 3 N–H and O–H groups in total. The molecule has 1 atom stereocenters. The fourth-order valence-electron chi connectivity index (χ4n) is 2.02. The van der Waals surface area contributed by atoms with E-state index < -0.39 is 5.82 Å². The number of aromatic hydroxyl groups is 1. The lowest BCUT2D eigenvalue weighted by Gasteiger charge is -2.24. The van der Waals surface area contributed by atoms with Crippen LogP contribution < -0.4 is 15.2 Å². The Labute approximate surface area is 99.1 Å². The van der Waals surface area contributed by atoms with Crippen LogP contribution >= 0.6 is 0 Å². The second kappa shape index (κ2) is 4.79. The van der Waals surface area contributed by atoms with Crippen molar-refractivity contribution >= 4 is 0 Å². The van der Waals surface area contributed by atoms with Crippen LogP contribution in [0.25, 0.3) is 0 Å². The third kappa shape index (κ3) is 2.15. The van der Waals surface area contributed by atoms with Crippen LogP contribution in [0.2, 0.25) is 0 Å². The van der Waals surface area contributed by atoms with E-state index in [-0.39, 0.29) is 11.7 Å². The number of benzene rings is 1. The van der Waals surface area contributed by atoms with Crippen LogP contribution in [0.3, 0.4) is 0 Å². The van der Waals surface area contributed by atoms with Gasteiger partial charge in [0.2, 0.25) is 0 Å². The number of ether oxygens (including phenoxy) is 2. The smallest absolute Gasteiger partial charge is 0.169 e. The number of halogens is 1. The maximum atomic E-state index is 13.6. The van der Waals surface area contributed by atoms with Gasteiger partial charge in [0.05, 0.1) is 0 Å². The van der Waals surface area contributed by atoms with Gasteiger partial charge >= 0.3 is 0 Å². The fraction of sp³-hybridized carbons (Fsp3) is 0.500. The molecule has 0 aliphatic carbocycles. The Balaban J connectivity index is 2.50. The van der Waals surface area contributed by atoms with Crippen LogP contribution in [0.4, 0.5) is 4.39 Å². The van der Waals surface area contributed by atoms with Gasteiger partial charge in [0, 0.05) is 11.6 Å². The van der Waals surface area contributed by atoms with Gasteiger partial charge < -0.3 is 20.3 Å². The second-order valence-electron chi connectivity index (χ2n) is 4.12. The van der Waals surface area contributed by atoms with Crippen LogP contribution in [0.15, 0.2) is 6.07 Å². The Morgan fingerprint density at radius 2 is 2.18 bits per heavy atom. The van der Waals surface area contributed by atoms with E-state index in [2.05, 4.69) is 0 Å². The monoisotopic (exact) mass is 241 g/mol. The minimum Gasteiger partial charge on any atom is -0.505 e. The average molecular weight is 241 g/mol. The van der Waals surface area contributed by atoms with Crippen molar-refractivity contribution in [1.29, 1.82) is 0 Å². The quantitative estimate of drug-likeness (QED) is 0.846. The molecule has 1 unspecified atom stereocenters. The zero-order valence-electron chi connectivity index (χ0n) is 9.70. The van der Waals surface area contributed by atoms with Crippen molar-refractivity contribution in [3.05, 3.63) is 17.4 Å². The summed E-state index contributed by atoms with van der Waals surface area (Å²) in [6.45, 7) is 3.13. The highest BCUT2D eigenvalue weighted by Gasteiger charge is 2.26. The van der Waals surface area contributed by atoms with Gasteiger partial charge in [-0.15, -0.1) is 0 Å². The Hall–Kier alpha value is -1.49. The number of hydrogen-bond acceptors (Lipinski definition) is 4. The molecule has 0 saturated heterocycles. The first-order valence-electron chi connectivity index (χ1n) is 5.66. The minimum absolute atomic E-state index is 0.0776. The number of fused-ring (bicyclic) bond motifs is 1. The van der Waals surface area contributed by atoms with Crippen LogP contribution in [-0.4, -0.2) is 24.9 Å². The molecule has 1 aromatic carbocycles. The second-order valence-corrected chi connectivity index (χ2v) is 4.12. The summed E-state index contributed by atoms with van der Waals surface area (Å²) >= 11 is 0. The fourth-order valence-corrected chi connectivity index (χ4v) is 2.02. The number of phenols is 1. The van der Waals surface area contributed by atoms with E-state index in [1.54, 1.807) is 0 Å². The molecular formula is C12H16FNO3. The number of nitrogens with two attached hydrogens (primary N) is 1. The third-order valence-corrected chi connectivity index (χ3v) is 2.89. The molecule has 2 rings (SSSR count). The molecule has 1 aliphatic rings. The molecule has 0 amide bonds. The summed E-state index contributed by atoms with van der Waals surface area (Å²) in [5, 5.41) is 9.80. The molecule has 0 saturated carbocycles. The molecule has 1 aromatic rings. The van der Waals surface area contributed by atoms with Gasteiger partial charge in [0.25, 0.3) is 0 Å². The molecule has 0 bridgehead atoms. The van der Waals surface area contributed by atoms with Crippen molar-refractivity contribution < 1.29 is 19.0 Å². The van der Waals surface area contributed by atoms with Crippen LogP contribution in [0.5, 0.6) is 17.2 Å². The first-order valence-corrected chi connectivity index (χ1v) is 5.66. The zero-order chi connectivity index (χ0) is 12.4. The van der Waals surface area contributed by atoms with E-state index in [0.29, 0.717) is 43.2 Å². The van der Waals surface area contributed by atoms with Crippen LogP contribution in [0.1, 0.15) is 24.8 Å². The molecular weight excluding hydrogens is 225 g/mol. The normalized spacial score (nSPS) is 15.7. The molecule has 0 fully saturated rings. The largest absolute Gasteiger partial charge is 0.505 e. The number of hydrogen-bond donors (Lipinski definition) is 2. The van der Waals surface area contributed by atoms with Crippen molar-refractivity contribution in [3.63, 3.8) is 0 Å². The number of rotatable bonds is 3. The highest BCUT2D eigenvalue weighted by Crippen LogP contribution is 2.45. The van der Waals surface area contributed by atoms with E-state index in [1.807, 2.05) is 6.92 Å². The highest BCUT2D eigenvalue weighted by molar-refractivity contribution is 5.56. The molecule has 4 nitrogen and oxygen atoms in total. The Bertz CT molecular complexity index is 423. The summed E-state index contributed by atoms with van der Waals surface area (Å²) in [5.74, 6) is -0.337. The van der Waals surface area contributed by atoms with Gasteiger partial charge in [-0.2, -0.15) is 0 Å². The molecule has 17 heavy (non-hydrogen) atoms. The SMILES string of the molecule is CC(CCN)c1c(O)c(F)cc2c1OCCO2. The molecule has 1 heterocycles. The van der Waals surface area contributed by atoms with Crippen molar-refractivity contribution in [2.45, 2.75) is 19.3 Å². The van der Waals surface area contributed by atoms with E-state index in [1.165, 1.54) is 0 Å². The predicted octanol–water partition coefficient (Wildman–Crippen LogP) is 1.75. The first-order chi connectivity index (χ1) is 8.15. The van der Waals surface area contributed by atoms with Gasteiger partial charge in [0.1, 0.15) is 13.2 Å². The highest BCUT2D eigenvalue weighted by atomic mass is 19.1. The molecule has 1 aliphatic heterocycles. The van der Waals surface area contributed by atoms with E-state index in [0.717, 1.165) is 6.07 Å². The predicted molar refractivity (Wildman–Crippen MR) is 61.1 cm³/mol. The van der Waals surface area contributed by atoms with Crippen molar-refractivity contribution in [2.75, 3.05) is 19.8 Å². The molecule has 0 aromatic heterocycles. The van der Waals surface area contributed by atoms with Gasteiger partial charge in [-0.25, -0.2) is 4.39 Å². The van der Waals surface area contributed by atoms with E-state index >= 15 is 0 Å². The maximum Gasteiger partial charge on any atom is 0.169 e. The summed E-state index contributed by atoms with van der Waals surface area (Å²) in [4.78, 5) is 0. The van der Waals surface area contributed by atoms with Crippen molar-refractivity contribution in [2.24, 2.45) is 5.73 Å². The van der Waals surface area contributed by atoms with Crippen LogP contribution in [0, 0.1) is 5.82 Å². The Morgan fingerprint density at radius 1 is 1.47 bits per heavy atom. The molecule has 5 heteroatoms. The Kier molecular flexibility index (Phi) is 3.38. The lowest BCUT2D eigenvalue weighted by Crippen LogP contribution is -2.18. The topological polar surface area (TPSA) is 64.7 Å². The zero-order valence-corrected chi connectivity index (χ0v) is 9.70. The van der Waals surface area contributed by atoms with Crippen molar-refractivity contribution in [1.82, 2.24) is 0 Å². The summed E-state index contributed by atoms with van der Waals surface area (Å²) in [5.41, 5.74) is 5.93. The lowest BCUT2D eigenvalue weighted by atomic mass is 9.95. The molecule has 94 valence electrons. The van der Waals surface area contributed by atoms with E-state index in [9.17, 15) is 9.50 Å². The standard InChI is InChI=1S/C12H16FNO3/c1-7(2-3-14)10-11(15)8(13)6-9-12(10)17-5-4-16-9/h6-7,15H,2-5,14H2,1H3. The summed E-state index contributed by atoms with van der Waals surface area (Å²) in [6.07, 6.45) is 0.646.